The monoisotopic (exact) mass is 373 g/mol. The lowest BCUT2D eigenvalue weighted by Gasteiger charge is -2.39. The summed E-state index contributed by atoms with van der Waals surface area (Å²) in [6.45, 7) is 0.812. The predicted molar refractivity (Wildman–Crippen MR) is 94.4 cm³/mol. The highest BCUT2D eigenvalue weighted by atomic mass is 79.9. The highest BCUT2D eigenvalue weighted by molar-refractivity contribution is 9.10. The zero-order valence-electron chi connectivity index (χ0n) is 12.9. The fourth-order valence-corrected chi connectivity index (χ4v) is 3.65. The fraction of sp³-hybridized carbons (Fsp3) is 0.316. The Morgan fingerprint density at radius 2 is 1.70 bits per heavy atom. The van der Waals surface area contributed by atoms with Gasteiger partial charge in [-0.1, -0.05) is 64.8 Å². The van der Waals surface area contributed by atoms with E-state index in [1.807, 2.05) is 30.3 Å². The molecule has 1 saturated heterocycles. The molecule has 0 amide bonds. The third-order valence-corrected chi connectivity index (χ3v) is 4.99. The molecular formula is C19H20BrNO2. The topological polar surface area (TPSA) is 40.5 Å². The number of likely N-dealkylation sites (tertiary alicyclic amines) is 1. The number of carboxylic acids is 1. The van der Waals surface area contributed by atoms with Gasteiger partial charge in [0.25, 0.3) is 0 Å². The molecule has 23 heavy (non-hydrogen) atoms. The van der Waals surface area contributed by atoms with Crippen molar-refractivity contribution < 1.29 is 9.90 Å². The smallest absolute Gasteiger partial charge is 0.320 e. The molecule has 0 radical (unpaired) electrons. The van der Waals surface area contributed by atoms with Crippen molar-refractivity contribution in [2.75, 3.05) is 6.54 Å². The van der Waals surface area contributed by atoms with Crippen LogP contribution in [0.5, 0.6) is 0 Å². The first-order valence-corrected chi connectivity index (χ1v) is 8.75. The molecule has 2 aromatic carbocycles. The van der Waals surface area contributed by atoms with Gasteiger partial charge in [-0.3, -0.25) is 9.69 Å². The number of rotatable bonds is 4. The first kappa shape index (κ1) is 16.2. The van der Waals surface area contributed by atoms with Crippen molar-refractivity contribution in [1.29, 1.82) is 0 Å². The van der Waals surface area contributed by atoms with Crippen molar-refractivity contribution in [1.82, 2.24) is 4.90 Å². The van der Waals surface area contributed by atoms with Gasteiger partial charge >= 0.3 is 5.97 Å². The largest absolute Gasteiger partial charge is 0.480 e. The van der Waals surface area contributed by atoms with E-state index in [-0.39, 0.29) is 6.04 Å². The van der Waals surface area contributed by atoms with E-state index in [1.165, 1.54) is 0 Å². The SMILES string of the molecule is O=C(O)C1CCCCN1C(c1ccccc1)c1ccc(Br)cc1. The summed E-state index contributed by atoms with van der Waals surface area (Å²) >= 11 is 3.47. The molecule has 1 fully saturated rings. The van der Waals surface area contributed by atoms with E-state index >= 15 is 0 Å². The van der Waals surface area contributed by atoms with Crippen molar-refractivity contribution in [2.45, 2.75) is 31.3 Å². The molecule has 1 aliphatic heterocycles. The number of carboxylic acid groups (broad SMARTS) is 1. The summed E-state index contributed by atoms with van der Waals surface area (Å²) in [4.78, 5) is 13.9. The second-order valence-corrected chi connectivity index (χ2v) is 6.87. The quantitative estimate of drug-likeness (QED) is 0.858. The van der Waals surface area contributed by atoms with Crippen LogP contribution in [0.4, 0.5) is 0 Å². The minimum atomic E-state index is -0.720. The van der Waals surface area contributed by atoms with Crippen LogP contribution in [0.1, 0.15) is 36.4 Å². The number of halogens is 1. The molecule has 0 bridgehead atoms. The zero-order chi connectivity index (χ0) is 16.2. The molecule has 3 nitrogen and oxygen atoms in total. The molecule has 2 aromatic rings. The maximum absolute atomic E-state index is 11.7. The van der Waals surface area contributed by atoms with Crippen LogP contribution in [-0.4, -0.2) is 28.6 Å². The molecule has 1 heterocycles. The van der Waals surface area contributed by atoms with Crippen LogP contribution in [0.3, 0.4) is 0 Å². The van der Waals surface area contributed by atoms with E-state index in [9.17, 15) is 9.90 Å². The molecule has 1 aliphatic rings. The van der Waals surface area contributed by atoms with Crippen molar-refractivity contribution in [2.24, 2.45) is 0 Å². The minimum absolute atomic E-state index is 0.0225. The number of benzene rings is 2. The molecule has 2 atom stereocenters. The third-order valence-electron chi connectivity index (χ3n) is 4.46. The van der Waals surface area contributed by atoms with Crippen LogP contribution >= 0.6 is 15.9 Å². The van der Waals surface area contributed by atoms with Gasteiger partial charge in [-0.05, 0) is 42.6 Å². The van der Waals surface area contributed by atoms with Crippen molar-refractivity contribution >= 4 is 21.9 Å². The van der Waals surface area contributed by atoms with E-state index in [4.69, 9.17) is 0 Å². The Hall–Kier alpha value is -1.65. The maximum atomic E-state index is 11.7. The minimum Gasteiger partial charge on any atom is -0.480 e. The standard InChI is InChI=1S/C19H20BrNO2/c20-16-11-9-15(10-12-16)18(14-6-2-1-3-7-14)21-13-5-4-8-17(21)19(22)23/h1-3,6-7,9-12,17-18H,4-5,8,13H2,(H,22,23). The fourth-order valence-electron chi connectivity index (χ4n) is 3.38. The van der Waals surface area contributed by atoms with Crippen molar-refractivity contribution in [3.8, 4) is 0 Å². The van der Waals surface area contributed by atoms with E-state index in [2.05, 4.69) is 45.1 Å². The van der Waals surface area contributed by atoms with Gasteiger partial charge in [-0.25, -0.2) is 0 Å². The number of carbonyl (C=O) groups is 1. The summed E-state index contributed by atoms with van der Waals surface area (Å²) < 4.78 is 1.03. The molecule has 1 N–H and O–H groups in total. The Morgan fingerprint density at radius 3 is 2.35 bits per heavy atom. The average molecular weight is 374 g/mol. The number of piperidine rings is 1. The number of hydrogen-bond donors (Lipinski definition) is 1. The number of aliphatic carboxylic acids is 1. The Balaban J connectivity index is 2.04. The summed E-state index contributed by atoms with van der Waals surface area (Å²) in [5, 5.41) is 9.65. The van der Waals surface area contributed by atoms with E-state index in [0.717, 1.165) is 41.4 Å². The summed E-state index contributed by atoms with van der Waals surface area (Å²) in [5.41, 5.74) is 2.27. The van der Waals surface area contributed by atoms with Gasteiger partial charge in [-0.15, -0.1) is 0 Å². The molecule has 4 heteroatoms. The highest BCUT2D eigenvalue weighted by Crippen LogP contribution is 2.34. The van der Waals surface area contributed by atoms with Crippen LogP contribution < -0.4 is 0 Å². The van der Waals surface area contributed by atoms with Gasteiger partial charge < -0.3 is 5.11 Å². The van der Waals surface area contributed by atoms with Gasteiger partial charge in [0.15, 0.2) is 0 Å². The molecule has 0 saturated carbocycles. The van der Waals surface area contributed by atoms with Crippen LogP contribution in [0, 0.1) is 0 Å². The maximum Gasteiger partial charge on any atom is 0.320 e. The predicted octanol–water partition coefficient (Wildman–Crippen LogP) is 4.48. The average Bonchev–Trinajstić information content (AvgIpc) is 2.58. The normalized spacial score (nSPS) is 20.1. The Morgan fingerprint density at radius 1 is 1.04 bits per heavy atom. The molecular weight excluding hydrogens is 354 g/mol. The number of hydrogen-bond acceptors (Lipinski definition) is 2. The lowest BCUT2D eigenvalue weighted by atomic mass is 9.92. The highest BCUT2D eigenvalue weighted by Gasteiger charge is 2.34. The molecule has 0 aliphatic carbocycles. The summed E-state index contributed by atoms with van der Waals surface area (Å²) in [6.07, 6.45) is 2.74. The van der Waals surface area contributed by atoms with E-state index in [1.54, 1.807) is 0 Å². The van der Waals surface area contributed by atoms with E-state index in [0.29, 0.717) is 0 Å². The Kier molecular flexibility index (Phi) is 5.13. The second-order valence-electron chi connectivity index (χ2n) is 5.95. The number of nitrogens with zero attached hydrogens (tertiary/aromatic N) is 1. The van der Waals surface area contributed by atoms with Gasteiger partial charge in [0.2, 0.25) is 0 Å². The van der Waals surface area contributed by atoms with Crippen molar-refractivity contribution in [3.63, 3.8) is 0 Å². The molecule has 0 spiro atoms. The molecule has 120 valence electrons. The zero-order valence-corrected chi connectivity index (χ0v) is 14.4. The van der Waals surface area contributed by atoms with E-state index < -0.39 is 12.0 Å². The molecule has 2 unspecified atom stereocenters. The first-order valence-electron chi connectivity index (χ1n) is 7.96. The van der Waals surface area contributed by atoms with Crippen LogP contribution in [0.2, 0.25) is 0 Å². The Labute approximate surface area is 145 Å². The van der Waals surface area contributed by atoms with Gasteiger partial charge in [0.05, 0.1) is 6.04 Å². The summed E-state index contributed by atoms with van der Waals surface area (Å²) in [7, 11) is 0. The lowest BCUT2D eigenvalue weighted by molar-refractivity contribution is -0.145. The van der Waals surface area contributed by atoms with Gasteiger partial charge in [0, 0.05) is 4.47 Å². The van der Waals surface area contributed by atoms with Gasteiger partial charge in [-0.2, -0.15) is 0 Å². The molecule has 0 aromatic heterocycles. The summed E-state index contributed by atoms with van der Waals surface area (Å²) in [5.74, 6) is -0.720. The lowest BCUT2D eigenvalue weighted by Crippen LogP contribution is -2.46. The van der Waals surface area contributed by atoms with Gasteiger partial charge in [0.1, 0.15) is 6.04 Å². The Bertz CT molecular complexity index is 657. The first-order chi connectivity index (χ1) is 11.2. The third kappa shape index (κ3) is 3.65. The second kappa shape index (κ2) is 7.28. The molecule has 3 rings (SSSR count). The van der Waals surface area contributed by atoms with Crippen LogP contribution in [0.25, 0.3) is 0 Å². The van der Waals surface area contributed by atoms with Crippen LogP contribution in [-0.2, 0) is 4.79 Å². The van der Waals surface area contributed by atoms with Crippen LogP contribution in [0.15, 0.2) is 59.1 Å². The van der Waals surface area contributed by atoms with Crippen molar-refractivity contribution in [3.05, 3.63) is 70.2 Å². The summed E-state index contributed by atoms with van der Waals surface area (Å²) in [6, 6.07) is 17.9.